The molecule has 2 heterocycles. The highest BCUT2D eigenvalue weighted by Crippen LogP contribution is 2.21. The normalized spacial score (nSPS) is 21.1. The van der Waals surface area contributed by atoms with Crippen LogP contribution in [0, 0.1) is 5.92 Å². The summed E-state index contributed by atoms with van der Waals surface area (Å²) < 4.78 is 7.93. The number of aliphatic imine (C=N–C) groups is 1. The van der Waals surface area contributed by atoms with Gasteiger partial charge in [-0.25, -0.2) is 0 Å². The first-order valence-corrected chi connectivity index (χ1v) is 11.9. The molecule has 0 radical (unpaired) electrons. The summed E-state index contributed by atoms with van der Waals surface area (Å²) in [7, 11) is 1.99. The molecule has 0 bridgehead atoms. The van der Waals surface area contributed by atoms with Gasteiger partial charge < -0.3 is 15.0 Å². The van der Waals surface area contributed by atoms with Gasteiger partial charge >= 0.3 is 0 Å². The van der Waals surface area contributed by atoms with Gasteiger partial charge in [-0.3, -0.25) is 9.67 Å². The number of hydrogen-bond donors (Lipinski definition) is 1. The van der Waals surface area contributed by atoms with Crippen molar-refractivity contribution in [3.8, 4) is 0 Å². The molecule has 0 amide bonds. The summed E-state index contributed by atoms with van der Waals surface area (Å²) in [5, 5.41) is 7.79. The molecule has 6 heteroatoms. The molecule has 3 rings (SSSR count). The highest BCUT2D eigenvalue weighted by molar-refractivity contribution is 5.80. The smallest absolute Gasteiger partial charge is 0.193 e. The van der Waals surface area contributed by atoms with Crippen molar-refractivity contribution in [1.82, 2.24) is 20.0 Å². The van der Waals surface area contributed by atoms with E-state index in [-0.39, 0.29) is 0 Å². The monoisotopic (exact) mass is 403 g/mol. The van der Waals surface area contributed by atoms with Crippen molar-refractivity contribution >= 4 is 5.96 Å². The van der Waals surface area contributed by atoms with E-state index in [1.165, 1.54) is 56.9 Å². The molecule has 2 aliphatic rings. The predicted molar refractivity (Wildman–Crippen MR) is 119 cm³/mol. The van der Waals surface area contributed by atoms with Crippen LogP contribution in [-0.4, -0.2) is 59.5 Å². The van der Waals surface area contributed by atoms with Crippen LogP contribution in [-0.2, 0) is 18.2 Å². The third-order valence-corrected chi connectivity index (χ3v) is 6.17. The third-order valence-electron chi connectivity index (χ3n) is 6.17. The molecule has 1 saturated heterocycles. The zero-order chi connectivity index (χ0) is 20.3. The molecular weight excluding hydrogens is 362 g/mol. The predicted octanol–water partition coefficient (Wildman–Crippen LogP) is 3.77. The average molecular weight is 404 g/mol. The number of likely N-dealkylation sites (tertiary alicyclic amines) is 1. The molecule has 6 nitrogen and oxygen atoms in total. The van der Waals surface area contributed by atoms with Crippen LogP contribution in [0.2, 0.25) is 0 Å². The summed E-state index contributed by atoms with van der Waals surface area (Å²) in [4.78, 5) is 7.34. The Morgan fingerprint density at radius 1 is 1.21 bits per heavy atom. The molecule has 164 valence electrons. The van der Waals surface area contributed by atoms with Crippen LogP contribution in [0.25, 0.3) is 0 Å². The lowest BCUT2D eigenvalue weighted by atomic mass is 9.98. The van der Waals surface area contributed by atoms with Crippen LogP contribution in [0.15, 0.2) is 17.4 Å². The van der Waals surface area contributed by atoms with E-state index in [2.05, 4.69) is 28.4 Å². The number of nitrogens with one attached hydrogen (secondary N) is 1. The Kier molecular flexibility index (Phi) is 9.32. The summed E-state index contributed by atoms with van der Waals surface area (Å²) in [5.41, 5.74) is 1.34. The second-order valence-electron chi connectivity index (χ2n) is 8.75. The van der Waals surface area contributed by atoms with Crippen molar-refractivity contribution in [2.75, 3.05) is 32.8 Å². The second kappa shape index (κ2) is 12.2. The first-order chi connectivity index (χ1) is 14.2. The van der Waals surface area contributed by atoms with Gasteiger partial charge in [0.2, 0.25) is 0 Å². The van der Waals surface area contributed by atoms with E-state index in [0.717, 1.165) is 51.6 Å². The van der Waals surface area contributed by atoms with E-state index in [0.29, 0.717) is 12.0 Å². The van der Waals surface area contributed by atoms with E-state index >= 15 is 0 Å². The van der Waals surface area contributed by atoms with Gasteiger partial charge in [0.25, 0.3) is 0 Å². The van der Waals surface area contributed by atoms with Crippen molar-refractivity contribution in [2.24, 2.45) is 18.0 Å². The molecule has 1 unspecified atom stereocenters. The number of aromatic nitrogens is 2. The maximum Gasteiger partial charge on any atom is 0.193 e. The Balaban J connectivity index is 1.32. The summed E-state index contributed by atoms with van der Waals surface area (Å²) in [6.07, 6.45) is 17.2. The molecule has 0 aromatic carbocycles. The zero-order valence-corrected chi connectivity index (χ0v) is 18.6. The van der Waals surface area contributed by atoms with Gasteiger partial charge in [-0.15, -0.1) is 0 Å². The van der Waals surface area contributed by atoms with Gasteiger partial charge in [0.1, 0.15) is 0 Å². The molecule has 1 aliphatic heterocycles. The van der Waals surface area contributed by atoms with Crippen LogP contribution in [0.3, 0.4) is 0 Å². The van der Waals surface area contributed by atoms with E-state index in [4.69, 9.17) is 9.73 Å². The maximum absolute atomic E-state index is 6.03. The number of nitrogens with zero attached hydrogens (tertiary/aromatic N) is 4. The number of rotatable bonds is 10. The van der Waals surface area contributed by atoms with E-state index in [1.807, 2.05) is 17.9 Å². The fourth-order valence-electron chi connectivity index (χ4n) is 4.59. The molecule has 1 aromatic heterocycles. The van der Waals surface area contributed by atoms with Crippen molar-refractivity contribution in [3.63, 3.8) is 0 Å². The molecule has 1 saturated carbocycles. The number of aryl methyl sites for hydroxylation is 1. The first kappa shape index (κ1) is 22.1. The van der Waals surface area contributed by atoms with Crippen molar-refractivity contribution in [1.29, 1.82) is 0 Å². The van der Waals surface area contributed by atoms with Gasteiger partial charge in [0, 0.05) is 46.0 Å². The van der Waals surface area contributed by atoms with Gasteiger partial charge in [0.15, 0.2) is 5.96 Å². The van der Waals surface area contributed by atoms with Crippen molar-refractivity contribution in [2.45, 2.75) is 77.2 Å². The molecule has 0 spiro atoms. The lowest BCUT2D eigenvalue weighted by molar-refractivity contribution is 0.0264. The zero-order valence-electron chi connectivity index (χ0n) is 18.6. The first-order valence-electron chi connectivity index (χ1n) is 11.9. The third kappa shape index (κ3) is 7.65. The van der Waals surface area contributed by atoms with Crippen molar-refractivity contribution in [3.05, 3.63) is 18.0 Å². The highest BCUT2D eigenvalue weighted by atomic mass is 16.5. The van der Waals surface area contributed by atoms with Crippen LogP contribution in [0.1, 0.15) is 70.3 Å². The summed E-state index contributed by atoms with van der Waals surface area (Å²) >= 11 is 0. The fraction of sp³-hybridized carbons (Fsp3) is 0.826. The molecule has 29 heavy (non-hydrogen) atoms. The Morgan fingerprint density at radius 2 is 2.07 bits per heavy atom. The minimum absolute atomic E-state index is 0.539. The van der Waals surface area contributed by atoms with Crippen molar-refractivity contribution < 1.29 is 4.74 Å². The van der Waals surface area contributed by atoms with Gasteiger partial charge in [-0.1, -0.05) is 19.3 Å². The quantitative estimate of drug-likeness (QED) is 0.367. The van der Waals surface area contributed by atoms with Crippen LogP contribution in [0.4, 0.5) is 0 Å². The van der Waals surface area contributed by atoms with Crippen LogP contribution >= 0.6 is 0 Å². The lowest BCUT2D eigenvalue weighted by Gasteiger charge is -2.22. The highest BCUT2D eigenvalue weighted by Gasteiger charge is 2.25. The second-order valence-corrected chi connectivity index (χ2v) is 8.75. The number of hydrogen-bond acceptors (Lipinski definition) is 3. The Bertz CT molecular complexity index is 608. The minimum atomic E-state index is 0.539. The molecule has 1 N–H and O–H groups in total. The number of ether oxygens (including phenoxy) is 1. The number of guanidine groups is 1. The Hall–Kier alpha value is -1.56. The topological polar surface area (TPSA) is 54.7 Å². The Labute approximate surface area is 177 Å². The SMILES string of the molecule is CCNC(=NCCCCCOC1CCCCC1)N1CCC(Cc2cnn(C)c2)C1. The summed E-state index contributed by atoms with van der Waals surface area (Å²) in [6.45, 7) is 7.12. The Morgan fingerprint density at radius 3 is 2.83 bits per heavy atom. The molecular formula is C23H41N5O. The minimum Gasteiger partial charge on any atom is -0.378 e. The summed E-state index contributed by atoms with van der Waals surface area (Å²) in [5.74, 6) is 1.79. The van der Waals surface area contributed by atoms with E-state index < -0.39 is 0 Å². The number of unbranched alkanes of at least 4 members (excludes halogenated alkanes) is 2. The van der Waals surface area contributed by atoms with E-state index in [9.17, 15) is 0 Å². The summed E-state index contributed by atoms with van der Waals surface area (Å²) in [6, 6.07) is 0. The molecule has 1 atom stereocenters. The van der Waals surface area contributed by atoms with E-state index in [1.54, 1.807) is 0 Å². The molecule has 2 fully saturated rings. The van der Waals surface area contributed by atoms with Gasteiger partial charge in [0.05, 0.1) is 12.3 Å². The maximum atomic E-state index is 6.03. The average Bonchev–Trinajstić information content (AvgIpc) is 3.36. The van der Waals surface area contributed by atoms with Gasteiger partial charge in [-0.2, -0.15) is 5.10 Å². The molecule has 1 aliphatic carbocycles. The standard InChI is InChI=1S/C23H41N5O/c1-3-24-23(25-13-8-5-9-15-29-22-10-6-4-7-11-22)28-14-12-20(19-28)16-21-17-26-27(2)18-21/h17-18,20,22H,3-16,19H2,1-2H3,(H,24,25). The van der Waals surface area contributed by atoms with Crippen LogP contribution in [0.5, 0.6) is 0 Å². The largest absolute Gasteiger partial charge is 0.378 e. The van der Waals surface area contributed by atoms with Crippen LogP contribution < -0.4 is 5.32 Å². The van der Waals surface area contributed by atoms with Gasteiger partial charge in [-0.05, 0) is 63.4 Å². The lowest BCUT2D eigenvalue weighted by Crippen LogP contribution is -2.40. The fourth-order valence-corrected chi connectivity index (χ4v) is 4.59. The molecule has 1 aromatic rings.